The number of carbonyl (C=O) groups is 2. The fourth-order valence-corrected chi connectivity index (χ4v) is 2.47. The number of esters is 1. The van der Waals surface area contributed by atoms with Gasteiger partial charge in [0.25, 0.3) is 5.91 Å². The van der Waals surface area contributed by atoms with E-state index in [0.29, 0.717) is 12.8 Å². The molecule has 0 aliphatic carbocycles. The van der Waals surface area contributed by atoms with Crippen molar-refractivity contribution in [1.29, 1.82) is 0 Å². The zero-order valence-corrected chi connectivity index (χ0v) is 12.0. The molecule has 1 aliphatic heterocycles. The van der Waals surface area contributed by atoms with Gasteiger partial charge in [0.2, 0.25) is 5.82 Å². The van der Waals surface area contributed by atoms with E-state index in [1.807, 2.05) is 0 Å². The number of amides is 1. The lowest BCUT2D eigenvalue weighted by molar-refractivity contribution is -0.387. The third-order valence-corrected chi connectivity index (χ3v) is 3.48. The summed E-state index contributed by atoms with van der Waals surface area (Å²) in [4.78, 5) is 35.3. The molecule has 1 fully saturated rings. The van der Waals surface area contributed by atoms with Crippen LogP contribution in [0.2, 0.25) is 0 Å². The molecule has 1 aliphatic rings. The summed E-state index contributed by atoms with van der Waals surface area (Å²) in [5, 5.41) is 10.7. The van der Waals surface area contributed by atoms with Crippen molar-refractivity contribution < 1.29 is 23.6 Å². The van der Waals surface area contributed by atoms with Gasteiger partial charge >= 0.3 is 11.7 Å². The summed E-state index contributed by atoms with van der Waals surface area (Å²) in [6.45, 7) is 2.12. The molecule has 7 nitrogen and oxygen atoms in total. The molecule has 0 aromatic heterocycles. The molecule has 2 rings (SSSR count). The second kappa shape index (κ2) is 6.50. The number of nitrogens with zero attached hydrogens (tertiary/aromatic N) is 2. The van der Waals surface area contributed by atoms with Crippen LogP contribution in [-0.2, 0) is 9.53 Å². The van der Waals surface area contributed by atoms with Crippen molar-refractivity contribution in [2.45, 2.75) is 25.8 Å². The van der Waals surface area contributed by atoms with Gasteiger partial charge < -0.3 is 9.64 Å². The van der Waals surface area contributed by atoms with Crippen molar-refractivity contribution in [2.75, 3.05) is 13.2 Å². The highest BCUT2D eigenvalue weighted by Gasteiger charge is 2.37. The number of nitro groups is 1. The number of ether oxygens (including phenoxy) is 1. The highest BCUT2D eigenvalue weighted by Crippen LogP contribution is 2.25. The van der Waals surface area contributed by atoms with Crippen LogP contribution in [0, 0.1) is 15.9 Å². The van der Waals surface area contributed by atoms with Crippen molar-refractivity contribution >= 4 is 17.6 Å². The quantitative estimate of drug-likeness (QED) is 0.481. The monoisotopic (exact) mass is 310 g/mol. The van der Waals surface area contributed by atoms with Crippen molar-refractivity contribution in [3.8, 4) is 0 Å². The summed E-state index contributed by atoms with van der Waals surface area (Å²) in [6.07, 6.45) is 1.02. The lowest BCUT2D eigenvalue weighted by atomic mass is 10.1. The Morgan fingerprint density at radius 3 is 2.86 bits per heavy atom. The van der Waals surface area contributed by atoms with Crippen molar-refractivity contribution in [3.63, 3.8) is 0 Å². The Morgan fingerprint density at radius 2 is 2.23 bits per heavy atom. The molecule has 0 radical (unpaired) electrons. The van der Waals surface area contributed by atoms with Crippen LogP contribution in [0.3, 0.4) is 0 Å². The minimum Gasteiger partial charge on any atom is -0.464 e. The van der Waals surface area contributed by atoms with Crippen LogP contribution < -0.4 is 0 Å². The third-order valence-electron chi connectivity index (χ3n) is 3.48. The Labute approximate surface area is 125 Å². The SMILES string of the molecule is CCOC(=O)C1CCCN1C(=O)c1cccc([N+](=O)[O-])c1F. The molecule has 1 heterocycles. The number of rotatable bonds is 4. The Morgan fingerprint density at radius 1 is 1.50 bits per heavy atom. The lowest BCUT2D eigenvalue weighted by Gasteiger charge is -2.23. The maximum Gasteiger partial charge on any atom is 0.328 e. The second-order valence-corrected chi connectivity index (χ2v) is 4.80. The fourth-order valence-electron chi connectivity index (χ4n) is 2.47. The van der Waals surface area contributed by atoms with E-state index < -0.39 is 39.9 Å². The molecule has 0 spiro atoms. The van der Waals surface area contributed by atoms with E-state index >= 15 is 0 Å². The number of nitro benzene ring substituents is 1. The molecule has 0 bridgehead atoms. The third kappa shape index (κ3) is 2.90. The Hall–Kier alpha value is -2.51. The van der Waals surface area contributed by atoms with Crippen LogP contribution >= 0.6 is 0 Å². The van der Waals surface area contributed by atoms with Crippen LogP contribution in [0.15, 0.2) is 18.2 Å². The van der Waals surface area contributed by atoms with Gasteiger partial charge in [0, 0.05) is 12.6 Å². The molecule has 0 saturated carbocycles. The molecule has 118 valence electrons. The zero-order valence-electron chi connectivity index (χ0n) is 12.0. The number of likely N-dealkylation sites (tertiary alicyclic amines) is 1. The molecule has 8 heteroatoms. The minimum atomic E-state index is -1.19. The zero-order chi connectivity index (χ0) is 16.3. The molecule has 1 amide bonds. The van der Waals surface area contributed by atoms with Gasteiger partial charge in [-0.15, -0.1) is 0 Å². The van der Waals surface area contributed by atoms with Gasteiger partial charge in [-0.25, -0.2) is 4.79 Å². The maximum absolute atomic E-state index is 14.1. The number of benzene rings is 1. The maximum atomic E-state index is 14.1. The summed E-state index contributed by atoms with van der Waals surface area (Å²) in [7, 11) is 0. The molecular weight excluding hydrogens is 295 g/mol. The normalized spacial score (nSPS) is 17.4. The van der Waals surface area contributed by atoms with Crippen LogP contribution in [-0.4, -0.2) is 40.9 Å². The summed E-state index contributed by atoms with van der Waals surface area (Å²) in [5.74, 6) is -2.47. The van der Waals surface area contributed by atoms with Gasteiger partial charge in [-0.05, 0) is 25.8 Å². The first kappa shape index (κ1) is 15.9. The number of halogens is 1. The summed E-state index contributed by atoms with van der Waals surface area (Å²) in [6, 6.07) is 2.62. The molecule has 22 heavy (non-hydrogen) atoms. The van der Waals surface area contributed by atoms with Gasteiger partial charge in [-0.3, -0.25) is 14.9 Å². The Balaban J connectivity index is 2.30. The molecule has 1 unspecified atom stereocenters. The number of carbonyl (C=O) groups excluding carboxylic acids is 2. The van der Waals surface area contributed by atoms with Gasteiger partial charge in [-0.2, -0.15) is 4.39 Å². The Kier molecular flexibility index (Phi) is 4.69. The van der Waals surface area contributed by atoms with Crippen molar-refractivity contribution in [2.24, 2.45) is 0 Å². The highest BCUT2D eigenvalue weighted by atomic mass is 19.1. The van der Waals surface area contributed by atoms with E-state index in [1.54, 1.807) is 6.92 Å². The largest absolute Gasteiger partial charge is 0.464 e. The number of hydrogen-bond acceptors (Lipinski definition) is 5. The van der Waals surface area contributed by atoms with Crippen LogP contribution in [0.1, 0.15) is 30.1 Å². The van der Waals surface area contributed by atoms with Crippen molar-refractivity contribution in [1.82, 2.24) is 4.90 Å². The average molecular weight is 310 g/mol. The molecule has 1 aromatic rings. The van der Waals surface area contributed by atoms with Crippen LogP contribution in [0.25, 0.3) is 0 Å². The predicted octanol–water partition coefficient (Wildman–Crippen LogP) is 1.90. The predicted molar refractivity (Wildman–Crippen MR) is 73.7 cm³/mol. The first-order chi connectivity index (χ1) is 10.5. The minimum absolute atomic E-state index is 0.183. The van der Waals surface area contributed by atoms with Crippen LogP contribution in [0.4, 0.5) is 10.1 Å². The first-order valence-corrected chi connectivity index (χ1v) is 6.87. The summed E-state index contributed by atoms with van der Waals surface area (Å²) >= 11 is 0. The van der Waals surface area contributed by atoms with Gasteiger partial charge in [-0.1, -0.05) is 6.07 Å². The molecule has 0 N–H and O–H groups in total. The highest BCUT2D eigenvalue weighted by molar-refractivity contribution is 5.98. The topological polar surface area (TPSA) is 89.8 Å². The van der Waals surface area contributed by atoms with E-state index in [0.717, 1.165) is 6.07 Å². The van der Waals surface area contributed by atoms with Crippen molar-refractivity contribution in [3.05, 3.63) is 39.7 Å². The first-order valence-electron chi connectivity index (χ1n) is 6.87. The Bertz CT molecular complexity index is 619. The lowest BCUT2D eigenvalue weighted by Crippen LogP contribution is -2.41. The molecule has 1 aromatic carbocycles. The second-order valence-electron chi connectivity index (χ2n) is 4.80. The average Bonchev–Trinajstić information content (AvgIpc) is 2.96. The summed E-state index contributed by atoms with van der Waals surface area (Å²) < 4.78 is 19.0. The van der Waals surface area contributed by atoms with E-state index in [2.05, 4.69) is 0 Å². The van der Waals surface area contributed by atoms with Crippen LogP contribution in [0.5, 0.6) is 0 Å². The standard InChI is InChI=1S/C14H15FN2O5/c1-2-22-14(19)11-7-4-8-16(11)13(18)9-5-3-6-10(12(9)15)17(20)21/h3,5-6,11H,2,4,7-8H2,1H3. The van der Waals surface area contributed by atoms with E-state index in [-0.39, 0.29) is 13.2 Å². The summed E-state index contributed by atoms with van der Waals surface area (Å²) in [5.41, 5.74) is -1.18. The van der Waals surface area contributed by atoms with Gasteiger partial charge in [0.05, 0.1) is 17.1 Å². The van der Waals surface area contributed by atoms with Gasteiger partial charge in [0.15, 0.2) is 0 Å². The van der Waals surface area contributed by atoms with E-state index in [9.17, 15) is 24.1 Å². The smallest absolute Gasteiger partial charge is 0.328 e. The molecule has 1 saturated heterocycles. The van der Waals surface area contributed by atoms with E-state index in [1.165, 1.54) is 17.0 Å². The molecule has 1 atom stereocenters. The fraction of sp³-hybridized carbons (Fsp3) is 0.429. The van der Waals surface area contributed by atoms with E-state index in [4.69, 9.17) is 4.74 Å². The number of hydrogen-bond donors (Lipinski definition) is 0. The van der Waals surface area contributed by atoms with Gasteiger partial charge in [0.1, 0.15) is 6.04 Å². The molecular formula is C14H15FN2O5.